The molecule has 0 fully saturated rings. The molecule has 1 atom stereocenters. The van der Waals surface area contributed by atoms with Crippen LogP contribution in [-0.4, -0.2) is 19.2 Å². The van der Waals surface area contributed by atoms with Gasteiger partial charge < -0.3 is 10.1 Å². The van der Waals surface area contributed by atoms with Crippen molar-refractivity contribution in [2.45, 2.75) is 53.5 Å². The van der Waals surface area contributed by atoms with Crippen LogP contribution in [0.25, 0.3) is 0 Å². The minimum Gasteiger partial charge on any atom is -0.492 e. The Morgan fingerprint density at radius 2 is 1.80 bits per heavy atom. The number of aryl methyl sites for hydroxylation is 1. The third kappa shape index (κ3) is 4.99. The standard InChI is InChI=1S/C17H28ClNO/c1-11(2)14(6)19-7-8-20-17-9-13(5)16(18)10-15(17)12(3)4/h9-12,14,19H,7-8H2,1-6H3. The van der Waals surface area contributed by atoms with Crippen molar-refractivity contribution in [3.05, 3.63) is 28.3 Å². The highest BCUT2D eigenvalue weighted by molar-refractivity contribution is 6.31. The summed E-state index contributed by atoms with van der Waals surface area (Å²) in [4.78, 5) is 0. The van der Waals surface area contributed by atoms with E-state index in [2.05, 4.69) is 39.9 Å². The molecule has 0 aliphatic carbocycles. The molecule has 1 aromatic carbocycles. The van der Waals surface area contributed by atoms with Crippen molar-refractivity contribution in [1.82, 2.24) is 5.32 Å². The van der Waals surface area contributed by atoms with E-state index in [4.69, 9.17) is 16.3 Å². The summed E-state index contributed by atoms with van der Waals surface area (Å²) in [6, 6.07) is 4.58. The molecular weight excluding hydrogens is 270 g/mol. The Hall–Kier alpha value is -0.730. The van der Waals surface area contributed by atoms with Gasteiger partial charge in [0.1, 0.15) is 12.4 Å². The zero-order valence-corrected chi connectivity index (χ0v) is 14.3. The Morgan fingerprint density at radius 3 is 2.35 bits per heavy atom. The van der Waals surface area contributed by atoms with E-state index < -0.39 is 0 Å². The van der Waals surface area contributed by atoms with Gasteiger partial charge in [0.05, 0.1) is 0 Å². The molecule has 1 aromatic rings. The summed E-state index contributed by atoms with van der Waals surface area (Å²) in [6.07, 6.45) is 0. The molecule has 0 saturated heterocycles. The predicted octanol–water partition coefficient (Wildman–Crippen LogP) is 4.78. The minimum absolute atomic E-state index is 0.408. The fourth-order valence-corrected chi connectivity index (χ4v) is 2.10. The van der Waals surface area contributed by atoms with Crippen LogP contribution in [0.15, 0.2) is 12.1 Å². The van der Waals surface area contributed by atoms with Crippen LogP contribution in [0.3, 0.4) is 0 Å². The van der Waals surface area contributed by atoms with Crippen molar-refractivity contribution in [2.24, 2.45) is 5.92 Å². The van der Waals surface area contributed by atoms with Crippen LogP contribution in [0.2, 0.25) is 5.02 Å². The van der Waals surface area contributed by atoms with Gasteiger partial charge in [-0.1, -0.05) is 39.3 Å². The van der Waals surface area contributed by atoms with Crippen molar-refractivity contribution >= 4 is 11.6 Å². The highest BCUT2D eigenvalue weighted by atomic mass is 35.5. The van der Waals surface area contributed by atoms with E-state index in [0.717, 1.165) is 22.9 Å². The van der Waals surface area contributed by atoms with Crippen LogP contribution in [0.5, 0.6) is 5.75 Å². The first kappa shape index (κ1) is 17.3. The summed E-state index contributed by atoms with van der Waals surface area (Å²) in [5.74, 6) is 2.01. The molecule has 0 radical (unpaired) electrons. The van der Waals surface area contributed by atoms with E-state index in [1.807, 2.05) is 19.1 Å². The van der Waals surface area contributed by atoms with Crippen molar-refractivity contribution in [1.29, 1.82) is 0 Å². The summed E-state index contributed by atoms with van der Waals surface area (Å²) in [5.41, 5.74) is 2.24. The Morgan fingerprint density at radius 1 is 1.15 bits per heavy atom. The number of hydrogen-bond acceptors (Lipinski definition) is 2. The molecule has 0 amide bonds. The lowest BCUT2D eigenvalue weighted by Gasteiger charge is -2.19. The highest BCUT2D eigenvalue weighted by Gasteiger charge is 2.11. The lowest BCUT2D eigenvalue weighted by Crippen LogP contribution is -2.34. The molecule has 0 aliphatic rings. The van der Waals surface area contributed by atoms with Crippen LogP contribution in [0.1, 0.15) is 51.7 Å². The smallest absolute Gasteiger partial charge is 0.123 e. The number of nitrogens with one attached hydrogen (secondary N) is 1. The van der Waals surface area contributed by atoms with Gasteiger partial charge in [-0.3, -0.25) is 0 Å². The van der Waals surface area contributed by atoms with Gasteiger partial charge in [0.15, 0.2) is 0 Å². The number of hydrogen-bond donors (Lipinski definition) is 1. The fourth-order valence-electron chi connectivity index (χ4n) is 1.93. The lowest BCUT2D eigenvalue weighted by atomic mass is 10.0. The summed E-state index contributed by atoms with van der Waals surface area (Å²) in [5, 5.41) is 4.29. The first-order chi connectivity index (χ1) is 9.32. The summed E-state index contributed by atoms with van der Waals surface area (Å²) < 4.78 is 5.94. The molecule has 0 saturated carbocycles. The second-order valence-electron chi connectivity index (χ2n) is 6.13. The summed E-state index contributed by atoms with van der Waals surface area (Å²) in [6.45, 7) is 14.5. The maximum Gasteiger partial charge on any atom is 0.123 e. The minimum atomic E-state index is 0.408. The summed E-state index contributed by atoms with van der Waals surface area (Å²) >= 11 is 6.20. The van der Waals surface area contributed by atoms with E-state index in [0.29, 0.717) is 24.5 Å². The van der Waals surface area contributed by atoms with Gasteiger partial charge >= 0.3 is 0 Å². The monoisotopic (exact) mass is 297 g/mol. The molecule has 1 rings (SSSR count). The maximum atomic E-state index is 6.20. The Balaban J connectivity index is 2.61. The highest BCUT2D eigenvalue weighted by Crippen LogP contribution is 2.31. The molecule has 0 heterocycles. The van der Waals surface area contributed by atoms with Gasteiger partial charge in [0.2, 0.25) is 0 Å². The van der Waals surface area contributed by atoms with Gasteiger partial charge in [-0.2, -0.15) is 0 Å². The number of ether oxygens (including phenoxy) is 1. The van der Waals surface area contributed by atoms with Crippen molar-refractivity contribution < 1.29 is 4.74 Å². The van der Waals surface area contributed by atoms with Crippen molar-refractivity contribution in [2.75, 3.05) is 13.2 Å². The van der Waals surface area contributed by atoms with Gasteiger partial charge in [-0.25, -0.2) is 0 Å². The van der Waals surface area contributed by atoms with Gasteiger partial charge in [0.25, 0.3) is 0 Å². The van der Waals surface area contributed by atoms with Crippen LogP contribution in [0.4, 0.5) is 0 Å². The van der Waals surface area contributed by atoms with Crippen LogP contribution in [-0.2, 0) is 0 Å². The Bertz CT molecular complexity index is 429. The lowest BCUT2D eigenvalue weighted by molar-refractivity contribution is 0.293. The average Bonchev–Trinajstić information content (AvgIpc) is 2.37. The van der Waals surface area contributed by atoms with E-state index in [9.17, 15) is 0 Å². The molecule has 1 unspecified atom stereocenters. The topological polar surface area (TPSA) is 21.3 Å². The van der Waals surface area contributed by atoms with Crippen LogP contribution < -0.4 is 10.1 Å². The number of halogens is 1. The van der Waals surface area contributed by atoms with E-state index >= 15 is 0 Å². The zero-order chi connectivity index (χ0) is 15.3. The van der Waals surface area contributed by atoms with Crippen molar-refractivity contribution in [3.8, 4) is 5.75 Å². The van der Waals surface area contributed by atoms with Crippen molar-refractivity contribution in [3.63, 3.8) is 0 Å². The maximum absolute atomic E-state index is 6.20. The second kappa shape index (κ2) is 7.90. The van der Waals surface area contributed by atoms with E-state index in [1.165, 1.54) is 5.56 Å². The Kier molecular flexibility index (Phi) is 6.84. The quantitative estimate of drug-likeness (QED) is 0.731. The molecule has 114 valence electrons. The normalized spacial score (nSPS) is 13.1. The zero-order valence-electron chi connectivity index (χ0n) is 13.6. The average molecular weight is 298 g/mol. The Labute approximate surface area is 128 Å². The molecule has 2 nitrogen and oxygen atoms in total. The molecule has 0 aliphatic heterocycles. The van der Waals surface area contributed by atoms with Gasteiger partial charge in [-0.05, 0) is 48.9 Å². The molecule has 3 heteroatoms. The number of benzene rings is 1. The van der Waals surface area contributed by atoms with Crippen LogP contribution in [0, 0.1) is 12.8 Å². The largest absolute Gasteiger partial charge is 0.492 e. The third-order valence-electron chi connectivity index (χ3n) is 3.74. The van der Waals surface area contributed by atoms with E-state index in [1.54, 1.807) is 0 Å². The molecule has 20 heavy (non-hydrogen) atoms. The molecule has 1 N–H and O–H groups in total. The number of rotatable bonds is 7. The molecule has 0 spiro atoms. The van der Waals surface area contributed by atoms with Crippen LogP contribution >= 0.6 is 11.6 Å². The molecule has 0 aromatic heterocycles. The first-order valence-corrected chi connectivity index (χ1v) is 7.87. The SMILES string of the molecule is Cc1cc(OCCNC(C)C(C)C)c(C(C)C)cc1Cl. The molecule has 0 bridgehead atoms. The molecular formula is C17H28ClNO. The van der Waals surface area contributed by atoms with Gasteiger partial charge in [0, 0.05) is 17.6 Å². The predicted molar refractivity (Wildman–Crippen MR) is 88.1 cm³/mol. The fraction of sp³-hybridized carbons (Fsp3) is 0.647. The summed E-state index contributed by atoms with van der Waals surface area (Å²) in [7, 11) is 0. The third-order valence-corrected chi connectivity index (χ3v) is 4.15. The second-order valence-corrected chi connectivity index (χ2v) is 6.54. The first-order valence-electron chi connectivity index (χ1n) is 7.49. The van der Waals surface area contributed by atoms with E-state index in [-0.39, 0.29) is 0 Å². The van der Waals surface area contributed by atoms with Gasteiger partial charge in [-0.15, -0.1) is 0 Å².